The van der Waals surface area contributed by atoms with Crippen molar-refractivity contribution >= 4 is 5.71 Å². The van der Waals surface area contributed by atoms with Crippen molar-refractivity contribution in [2.75, 3.05) is 6.61 Å². The highest BCUT2D eigenvalue weighted by Gasteiger charge is 2.32. The molecule has 1 aliphatic heterocycles. The number of hydrogen-bond donors (Lipinski definition) is 2. The predicted molar refractivity (Wildman–Crippen MR) is 37.4 cm³/mol. The van der Waals surface area contributed by atoms with Crippen molar-refractivity contribution in [2.45, 2.75) is 26.2 Å². The molecule has 1 aliphatic rings. The van der Waals surface area contributed by atoms with E-state index in [9.17, 15) is 5.11 Å². The first-order valence-electron chi connectivity index (χ1n) is 3.33. The van der Waals surface area contributed by atoms with Gasteiger partial charge in [-0.25, -0.2) is 0 Å². The van der Waals surface area contributed by atoms with Crippen LogP contribution < -0.4 is 5.43 Å². The number of nitrogens with zero attached hydrogens (tertiary/aromatic N) is 1. The van der Waals surface area contributed by atoms with Gasteiger partial charge in [0, 0.05) is 12.3 Å². The van der Waals surface area contributed by atoms with Gasteiger partial charge in [0.2, 0.25) is 0 Å². The van der Waals surface area contributed by atoms with Crippen LogP contribution in [0, 0.1) is 0 Å². The first kappa shape index (κ1) is 7.50. The average Bonchev–Trinajstić information content (AvgIpc) is 2.12. The van der Waals surface area contributed by atoms with Crippen LogP contribution in [0.25, 0.3) is 0 Å². The SMILES string of the molecule is CCOC1(O)CC(C)=NN1. The van der Waals surface area contributed by atoms with Crippen molar-refractivity contribution in [2.24, 2.45) is 5.10 Å². The first-order chi connectivity index (χ1) is 4.66. The molecule has 58 valence electrons. The van der Waals surface area contributed by atoms with Gasteiger partial charge in [-0.15, -0.1) is 0 Å². The normalized spacial score (nSPS) is 31.7. The Bertz CT molecular complexity index is 158. The molecule has 1 atom stereocenters. The Morgan fingerprint density at radius 1 is 1.90 bits per heavy atom. The number of ether oxygens (including phenoxy) is 1. The van der Waals surface area contributed by atoms with Crippen LogP contribution in [0.5, 0.6) is 0 Å². The summed E-state index contributed by atoms with van der Waals surface area (Å²) in [5.74, 6) is -1.24. The summed E-state index contributed by atoms with van der Waals surface area (Å²) in [5.41, 5.74) is 3.36. The van der Waals surface area contributed by atoms with Crippen molar-refractivity contribution in [3.63, 3.8) is 0 Å². The Morgan fingerprint density at radius 2 is 2.60 bits per heavy atom. The van der Waals surface area contributed by atoms with Crippen molar-refractivity contribution in [3.8, 4) is 0 Å². The van der Waals surface area contributed by atoms with E-state index in [0.717, 1.165) is 5.71 Å². The number of nitrogens with one attached hydrogen (secondary N) is 1. The third kappa shape index (κ3) is 1.46. The molecule has 0 aromatic carbocycles. The van der Waals surface area contributed by atoms with Crippen LogP contribution in [0.3, 0.4) is 0 Å². The molecule has 1 rings (SSSR count). The highest BCUT2D eigenvalue weighted by molar-refractivity contribution is 5.83. The molecule has 0 aliphatic carbocycles. The second-order valence-electron chi connectivity index (χ2n) is 2.35. The Balaban J connectivity index is 2.44. The summed E-state index contributed by atoms with van der Waals surface area (Å²) in [6, 6.07) is 0. The summed E-state index contributed by atoms with van der Waals surface area (Å²) in [4.78, 5) is 0. The van der Waals surface area contributed by atoms with Crippen molar-refractivity contribution < 1.29 is 9.84 Å². The molecule has 0 saturated heterocycles. The summed E-state index contributed by atoms with van der Waals surface area (Å²) in [6.45, 7) is 4.14. The summed E-state index contributed by atoms with van der Waals surface area (Å²) < 4.78 is 4.99. The molecular weight excluding hydrogens is 132 g/mol. The Labute approximate surface area is 59.9 Å². The van der Waals surface area contributed by atoms with E-state index in [1.54, 1.807) is 0 Å². The second kappa shape index (κ2) is 2.56. The minimum absolute atomic E-state index is 0.445. The zero-order valence-corrected chi connectivity index (χ0v) is 6.22. The van der Waals surface area contributed by atoms with Crippen molar-refractivity contribution in [1.29, 1.82) is 0 Å². The lowest BCUT2D eigenvalue weighted by atomic mass is 10.2. The Hall–Kier alpha value is -0.610. The van der Waals surface area contributed by atoms with Gasteiger partial charge in [-0.2, -0.15) is 5.10 Å². The van der Waals surface area contributed by atoms with Crippen LogP contribution in [0.2, 0.25) is 0 Å². The van der Waals surface area contributed by atoms with E-state index < -0.39 is 5.91 Å². The van der Waals surface area contributed by atoms with E-state index >= 15 is 0 Å². The highest BCUT2D eigenvalue weighted by Crippen LogP contribution is 2.14. The maximum atomic E-state index is 9.41. The molecule has 0 aromatic rings. The van der Waals surface area contributed by atoms with Gasteiger partial charge in [0.1, 0.15) is 0 Å². The fraction of sp³-hybridized carbons (Fsp3) is 0.833. The molecule has 1 unspecified atom stereocenters. The molecule has 0 radical (unpaired) electrons. The van der Waals surface area contributed by atoms with E-state index in [4.69, 9.17) is 4.74 Å². The minimum Gasteiger partial charge on any atom is -0.347 e. The van der Waals surface area contributed by atoms with Gasteiger partial charge in [0.05, 0.1) is 6.42 Å². The van der Waals surface area contributed by atoms with E-state index in [-0.39, 0.29) is 0 Å². The van der Waals surface area contributed by atoms with E-state index in [1.807, 2.05) is 13.8 Å². The smallest absolute Gasteiger partial charge is 0.267 e. The lowest BCUT2D eigenvalue weighted by Gasteiger charge is -2.20. The maximum Gasteiger partial charge on any atom is 0.267 e. The van der Waals surface area contributed by atoms with Gasteiger partial charge < -0.3 is 9.84 Å². The van der Waals surface area contributed by atoms with Crippen molar-refractivity contribution in [3.05, 3.63) is 0 Å². The number of hydrogen-bond acceptors (Lipinski definition) is 4. The molecule has 0 aromatic heterocycles. The second-order valence-corrected chi connectivity index (χ2v) is 2.35. The van der Waals surface area contributed by atoms with Gasteiger partial charge in [0.25, 0.3) is 5.91 Å². The number of rotatable bonds is 2. The van der Waals surface area contributed by atoms with Crippen LogP contribution >= 0.6 is 0 Å². The fourth-order valence-electron chi connectivity index (χ4n) is 0.931. The monoisotopic (exact) mass is 144 g/mol. The van der Waals surface area contributed by atoms with Crippen LogP contribution in [0.15, 0.2) is 5.10 Å². The Kier molecular flexibility index (Phi) is 1.92. The van der Waals surface area contributed by atoms with Crippen molar-refractivity contribution in [1.82, 2.24) is 5.43 Å². The molecule has 0 fully saturated rings. The van der Waals surface area contributed by atoms with E-state index in [0.29, 0.717) is 13.0 Å². The average molecular weight is 144 g/mol. The summed E-state index contributed by atoms with van der Waals surface area (Å²) in [5, 5.41) is 13.2. The molecule has 0 amide bonds. The van der Waals surface area contributed by atoms with Crippen LogP contribution in [-0.4, -0.2) is 23.3 Å². The number of aliphatic hydroxyl groups is 1. The van der Waals surface area contributed by atoms with Crippen LogP contribution in [0.4, 0.5) is 0 Å². The van der Waals surface area contributed by atoms with Gasteiger partial charge in [0.15, 0.2) is 0 Å². The molecular formula is C6H12N2O2. The first-order valence-corrected chi connectivity index (χ1v) is 3.33. The van der Waals surface area contributed by atoms with E-state index in [2.05, 4.69) is 10.5 Å². The maximum absolute atomic E-state index is 9.41. The largest absolute Gasteiger partial charge is 0.347 e. The van der Waals surface area contributed by atoms with Gasteiger partial charge >= 0.3 is 0 Å². The quantitative estimate of drug-likeness (QED) is 0.538. The summed E-state index contributed by atoms with van der Waals surface area (Å²) in [6.07, 6.45) is 0.445. The van der Waals surface area contributed by atoms with Gasteiger partial charge in [-0.3, -0.25) is 5.43 Å². The zero-order chi connectivity index (χ0) is 7.61. The minimum atomic E-state index is -1.24. The van der Waals surface area contributed by atoms with Gasteiger partial charge in [-0.1, -0.05) is 0 Å². The predicted octanol–water partition coefficient (Wildman–Crippen LogP) is 0.0382. The standard InChI is InChI=1S/C6H12N2O2/c1-3-10-6(9)4-5(2)7-8-6/h8-9H,3-4H2,1-2H3. The molecule has 2 N–H and O–H groups in total. The molecule has 4 heteroatoms. The molecule has 4 nitrogen and oxygen atoms in total. The fourth-order valence-corrected chi connectivity index (χ4v) is 0.931. The molecule has 10 heavy (non-hydrogen) atoms. The van der Waals surface area contributed by atoms with Gasteiger partial charge in [-0.05, 0) is 13.8 Å². The zero-order valence-electron chi connectivity index (χ0n) is 6.22. The van der Waals surface area contributed by atoms with Crippen LogP contribution in [-0.2, 0) is 4.74 Å². The lowest BCUT2D eigenvalue weighted by molar-refractivity contribution is -0.210. The molecule has 0 saturated carbocycles. The molecule has 0 spiro atoms. The third-order valence-corrected chi connectivity index (χ3v) is 1.30. The number of hydrazone groups is 1. The van der Waals surface area contributed by atoms with E-state index in [1.165, 1.54) is 0 Å². The molecule has 1 heterocycles. The topological polar surface area (TPSA) is 53.9 Å². The molecule has 0 bridgehead atoms. The lowest BCUT2D eigenvalue weighted by Crippen LogP contribution is -2.41. The summed E-state index contributed by atoms with van der Waals surface area (Å²) >= 11 is 0. The third-order valence-electron chi connectivity index (χ3n) is 1.30. The summed E-state index contributed by atoms with van der Waals surface area (Å²) in [7, 11) is 0. The highest BCUT2D eigenvalue weighted by atomic mass is 16.6. The van der Waals surface area contributed by atoms with Crippen LogP contribution in [0.1, 0.15) is 20.3 Å². The Morgan fingerprint density at radius 3 is 3.00 bits per heavy atom.